The molecular weight excluding hydrogens is 220 g/mol. The summed E-state index contributed by atoms with van der Waals surface area (Å²) >= 11 is 0. The van der Waals surface area contributed by atoms with Crippen LogP contribution < -0.4 is 4.90 Å². The van der Waals surface area contributed by atoms with E-state index in [9.17, 15) is 9.59 Å². The summed E-state index contributed by atoms with van der Waals surface area (Å²) in [7, 11) is 1.38. The Morgan fingerprint density at radius 2 is 2.41 bits per heavy atom. The van der Waals surface area contributed by atoms with Crippen LogP contribution in [0.3, 0.4) is 0 Å². The molecule has 1 aromatic heterocycles. The molecule has 0 aromatic carbocycles. The molecule has 1 fully saturated rings. The fourth-order valence-electron chi connectivity index (χ4n) is 2.09. The third kappa shape index (κ3) is 2.27. The standard InChI is InChI=1S/C12H14N2O3/c1-17-12(16)10-5-3-7-14(10)11-6-2-4-9(8-15)13-11/h2,4,6,8,10H,3,5,7H2,1H3. The number of carbonyl (C=O) groups is 2. The highest BCUT2D eigenvalue weighted by atomic mass is 16.5. The van der Waals surface area contributed by atoms with E-state index in [-0.39, 0.29) is 12.0 Å². The van der Waals surface area contributed by atoms with Crippen molar-refractivity contribution in [1.82, 2.24) is 4.98 Å². The molecule has 0 bridgehead atoms. The molecule has 1 aromatic rings. The number of nitrogens with zero attached hydrogens (tertiary/aromatic N) is 2. The molecule has 0 spiro atoms. The van der Waals surface area contributed by atoms with E-state index in [1.165, 1.54) is 7.11 Å². The van der Waals surface area contributed by atoms with Gasteiger partial charge in [0.05, 0.1) is 7.11 Å². The van der Waals surface area contributed by atoms with Gasteiger partial charge in [0.15, 0.2) is 6.29 Å². The number of esters is 1. The smallest absolute Gasteiger partial charge is 0.328 e. The van der Waals surface area contributed by atoms with Gasteiger partial charge in [-0.2, -0.15) is 0 Å². The Balaban J connectivity index is 2.25. The number of aldehydes is 1. The van der Waals surface area contributed by atoms with Crippen LogP contribution in [0, 0.1) is 0 Å². The van der Waals surface area contributed by atoms with Gasteiger partial charge in [-0.3, -0.25) is 4.79 Å². The average molecular weight is 234 g/mol. The van der Waals surface area contributed by atoms with Crippen LogP contribution in [0.2, 0.25) is 0 Å². The van der Waals surface area contributed by atoms with Gasteiger partial charge in [-0.15, -0.1) is 0 Å². The van der Waals surface area contributed by atoms with Gasteiger partial charge in [0.25, 0.3) is 0 Å². The summed E-state index contributed by atoms with van der Waals surface area (Å²) in [5, 5.41) is 0. The quantitative estimate of drug-likeness (QED) is 0.577. The second-order valence-electron chi connectivity index (χ2n) is 3.91. The maximum atomic E-state index is 11.6. The molecular formula is C12H14N2O3. The van der Waals surface area contributed by atoms with Gasteiger partial charge in [-0.25, -0.2) is 9.78 Å². The summed E-state index contributed by atoms with van der Waals surface area (Å²) in [6, 6.07) is 4.92. The van der Waals surface area contributed by atoms with Gasteiger partial charge in [-0.05, 0) is 25.0 Å². The molecule has 0 N–H and O–H groups in total. The molecule has 1 aliphatic heterocycles. The molecule has 2 rings (SSSR count). The Morgan fingerprint density at radius 3 is 3.12 bits per heavy atom. The van der Waals surface area contributed by atoms with Crippen molar-refractivity contribution in [3.63, 3.8) is 0 Å². The van der Waals surface area contributed by atoms with Crippen molar-refractivity contribution in [2.24, 2.45) is 0 Å². The SMILES string of the molecule is COC(=O)C1CCCN1c1cccc(C=O)n1. The van der Waals surface area contributed by atoms with Crippen LogP contribution in [0.4, 0.5) is 5.82 Å². The number of pyridine rings is 1. The number of aromatic nitrogens is 1. The van der Waals surface area contributed by atoms with E-state index < -0.39 is 0 Å². The summed E-state index contributed by atoms with van der Waals surface area (Å²) in [6.45, 7) is 0.759. The zero-order valence-corrected chi connectivity index (χ0v) is 9.63. The number of carbonyl (C=O) groups excluding carboxylic acids is 2. The Hall–Kier alpha value is -1.91. The Bertz CT molecular complexity index is 434. The van der Waals surface area contributed by atoms with Gasteiger partial charge in [0, 0.05) is 6.54 Å². The van der Waals surface area contributed by atoms with Gasteiger partial charge in [0.2, 0.25) is 0 Å². The van der Waals surface area contributed by atoms with Crippen LogP contribution in [0.5, 0.6) is 0 Å². The predicted octanol–water partition coefficient (Wildman–Crippen LogP) is 1.04. The third-order valence-corrected chi connectivity index (χ3v) is 2.90. The molecule has 5 heteroatoms. The normalized spacial score (nSPS) is 19.1. The topological polar surface area (TPSA) is 59.5 Å². The van der Waals surface area contributed by atoms with E-state index in [4.69, 9.17) is 4.74 Å². The zero-order valence-electron chi connectivity index (χ0n) is 9.63. The molecule has 1 aliphatic rings. The molecule has 0 radical (unpaired) electrons. The summed E-state index contributed by atoms with van der Waals surface area (Å²) in [5.41, 5.74) is 0.373. The fraction of sp³-hybridized carbons (Fsp3) is 0.417. The highest BCUT2D eigenvalue weighted by molar-refractivity contribution is 5.80. The van der Waals surface area contributed by atoms with E-state index in [1.807, 2.05) is 4.90 Å². The van der Waals surface area contributed by atoms with Crippen LogP contribution in [0.25, 0.3) is 0 Å². The number of hydrogen-bond acceptors (Lipinski definition) is 5. The third-order valence-electron chi connectivity index (χ3n) is 2.90. The monoisotopic (exact) mass is 234 g/mol. The van der Waals surface area contributed by atoms with Crippen LogP contribution in [-0.4, -0.2) is 36.9 Å². The molecule has 0 amide bonds. The molecule has 1 unspecified atom stereocenters. The largest absolute Gasteiger partial charge is 0.467 e. The Kier molecular flexibility index (Phi) is 3.37. The lowest BCUT2D eigenvalue weighted by Crippen LogP contribution is -2.37. The lowest BCUT2D eigenvalue weighted by molar-refractivity contribution is -0.141. The van der Waals surface area contributed by atoms with Crippen LogP contribution in [0.15, 0.2) is 18.2 Å². The number of ether oxygens (including phenoxy) is 1. The van der Waals surface area contributed by atoms with Crippen molar-refractivity contribution in [3.05, 3.63) is 23.9 Å². The van der Waals surface area contributed by atoms with Gasteiger partial charge < -0.3 is 9.64 Å². The van der Waals surface area contributed by atoms with Gasteiger partial charge in [-0.1, -0.05) is 6.07 Å². The minimum Gasteiger partial charge on any atom is -0.467 e. The number of methoxy groups -OCH3 is 1. The number of hydrogen-bond donors (Lipinski definition) is 0. The zero-order chi connectivity index (χ0) is 12.3. The fourth-order valence-corrected chi connectivity index (χ4v) is 2.09. The summed E-state index contributed by atoms with van der Waals surface area (Å²) < 4.78 is 4.76. The molecule has 0 saturated carbocycles. The lowest BCUT2D eigenvalue weighted by Gasteiger charge is -2.23. The first-order valence-corrected chi connectivity index (χ1v) is 5.53. The molecule has 1 saturated heterocycles. The summed E-state index contributed by atoms with van der Waals surface area (Å²) in [4.78, 5) is 28.3. The lowest BCUT2D eigenvalue weighted by atomic mass is 10.2. The Labute approximate surface area is 99.4 Å². The minimum absolute atomic E-state index is 0.249. The molecule has 1 atom stereocenters. The highest BCUT2D eigenvalue weighted by Gasteiger charge is 2.32. The first-order valence-electron chi connectivity index (χ1n) is 5.53. The molecule has 90 valence electrons. The molecule has 2 heterocycles. The minimum atomic E-state index is -0.283. The molecule has 0 aliphatic carbocycles. The summed E-state index contributed by atoms with van der Waals surface area (Å²) in [6.07, 6.45) is 2.39. The van der Waals surface area contributed by atoms with Gasteiger partial charge >= 0.3 is 5.97 Å². The van der Waals surface area contributed by atoms with Crippen molar-refractivity contribution in [2.75, 3.05) is 18.6 Å². The van der Waals surface area contributed by atoms with E-state index in [2.05, 4.69) is 4.98 Å². The Morgan fingerprint density at radius 1 is 1.59 bits per heavy atom. The first kappa shape index (κ1) is 11.6. The van der Waals surface area contributed by atoms with Crippen LogP contribution in [-0.2, 0) is 9.53 Å². The van der Waals surface area contributed by atoms with E-state index in [0.717, 1.165) is 19.4 Å². The van der Waals surface area contributed by atoms with Crippen LogP contribution in [0.1, 0.15) is 23.3 Å². The maximum absolute atomic E-state index is 11.6. The van der Waals surface area contributed by atoms with Crippen LogP contribution >= 0.6 is 0 Å². The first-order chi connectivity index (χ1) is 8.26. The van der Waals surface area contributed by atoms with E-state index in [1.54, 1.807) is 18.2 Å². The number of anilines is 1. The average Bonchev–Trinajstić information content (AvgIpc) is 2.87. The predicted molar refractivity (Wildman–Crippen MR) is 62.0 cm³/mol. The molecule has 17 heavy (non-hydrogen) atoms. The maximum Gasteiger partial charge on any atom is 0.328 e. The second-order valence-corrected chi connectivity index (χ2v) is 3.91. The van der Waals surface area contributed by atoms with Crippen molar-refractivity contribution in [2.45, 2.75) is 18.9 Å². The van der Waals surface area contributed by atoms with Crippen molar-refractivity contribution >= 4 is 18.1 Å². The van der Waals surface area contributed by atoms with E-state index in [0.29, 0.717) is 17.8 Å². The van der Waals surface area contributed by atoms with Gasteiger partial charge in [0.1, 0.15) is 17.6 Å². The second kappa shape index (κ2) is 4.95. The van der Waals surface area contributed by atoms with Crippen molar-refractivity contribution < 1.29 is 14.3 Å². The van der Waals surface area contributed by atoms with Crippen molar-refractivity contribution in [3.8, 4) is 0 Å². The molecule has 5 nitrogen and oxygen atoms in total. The van der Waals surface area contributed by atoms with E-state index >= 15 is 0 Å². The number of rotatable bonds is 3. The highest BCUT2D eigenvalue weighted by Crippen LogP contribution is 2.24. The van der Waals surface area contributed by atoms with Crippen molar-refractivity contribution in [1.29, 1.82) is 0 Å². The summed E-state index contributed by atoms with van der Waals surface area (Å²) in [5.74, 6) is 0.406.